The summed E-state index contributed by atoms with van der Waals surface area (Å²) in [5.74, 6) is 0. The minimum absolute atomic E-state index is 0.481. The van der Waals surface area contributed by atoms with Gasteiger partial charge in [0.25, 0.3) is 0 Å². The van der Waals surface area contributed by atoms with Crippen LogP contribution in [0.15, 0.2) is 23.4 Å². The molecule has 1 heterocycles. The van der Waals surface area contributed by atoms with E-state index in [1.54, 1.807) is 18.4 Å². The monoisotopic (exact) mass is 148 g/mol. The van der Waals surface area contributed by atoms with E-state index in [1.165, 1.54) is 0 Å². The van der Waals surface area contributed by atoms with E-state index in [9.17, 15) is 0 Å². The Labute approximate surface area is 58.0 Å². The zero-order chi connectivity index (χ0) is 5.98. The molecule has 0 saturated carbocycles. The van der Waals surface area contributed by atoms with Crippen LogP contribution >= 0.6 is 23.2 Å². The summed E-state index contributed by atoms with van der Waals surface area (Å²) in [6.45, 7) is 0. The first kappa shape index (κ1) is 5.99. The average molecular weight is 149 g/mol. The Balaban J connectivity index is 2.66. The predicted molar refractivity (Wildman–Crippen MR) is 35.3 cm³/mol. The Morgan fingerprint density at radius 2 is 2.12 bits per heavy atom. The van der Waals surface area contributed by atoms with Crippen LogP contribution in [0.2, 0.25) is 0 Å². The van der Waals surface area contributed by atoms with Crippen molar-refractivity contribution in [3.05, 3.63) is 28.9 Å². The minimum Gasteiger partial charge on any atom is -0.365 e. The van der Waals surface area contributed by atoms with Crippen LogP contribution in [0, 0.1) is 5.50 Å². The molecule has 1 aliphatic heterocycles. The van der Waals surface area contributed by atoms with E-state index >= 15 is 0 Å². The van der Waals surface area contributed by atoms with Crippen LogP contribution in [0.4, 0.5) is 0 Å². The molecule has 0 aliphatic carbocycles. The SMILES string of the molecule is Cl[C]1NC=CC=C1Cl. The molecule has 0 fully saturated rings. The lowest BCUT2D eigenvalue weighted by Gasteiger charge is -2.08. The van der Waals surface area contributed by atoms with Crippen molar-refractivity contribution in [1.82, 2.24) is 5.32 Å². The molecule has 3 heteroatoms. The molecule has 1 radical (unpaired) electrons. The summed E-state index contributed by atoms with van der Waals surface area (Å²) in [4.78, 5) is 0. The van der Waals surface area contributed by atoms with Crippen molar-refractivity contribution >= 4 is 23.2 Å². The normalized spacial score (nSPS) is 20.0. The molecule has 0 unspecified atom stereocenters. The van der Waals surface area contributed by atoms with Gasteiger partial charge in [-0.15, -0.1) is 0 Å². The number of nitrogens with one attached hydrogen (secondary N) is 1. The van der Waals surface area contributed by atoms with E-state index in [1.807, 2.05) is 0 Å². The van der Waals surface area contributed by atoms with Crippen LogP contribution in [0.5, 0.6) is 0 Å². The topological polar surface area (TPSA) is 12.0 Å². The van der Waals surface area contributed by atoms with E-state index in [0.29, 0.717) is 10.5 Å². The van der Waals surface area contributed by atoms with Gasteiger partial charge in [0.05, 0.1) is 5.03 Å². The second kappa shape index (κ2) is 2.42. The van der Waals surface area contributed by atoms with Crippen LogP contribution in [-0.4, -0.2) is 0 Å². The molecule has 0 atom stereocenters. The second-order valence-electron chi connectivity index (χ2n) is 1.33. The van der Waals surface area contributed by atoms with Crippen LogP contribution in [0.1, 0.15) is 0 Å². The number of hydrogen-bond donors (Lipinski definition) is 1. The van der Waals surface area contributed by atoms with Crippen molar-refractivity contribution in [3.8, 4) is 0 Å². The highest BCUT2D eigenvalue weighted by Gasteiger charge is 2.08. The largest absolute Gasteiger partial charge is 0.365 e. The highest BCUT2D eigenvalue weighted by Crippen LogP contribution is 2.21. The van der Waals surface area contributed by atoms with Crippen molar-refractivity contribution in [2.45, 2.75) is 0 Å². The Hall–Kier alpha value is -0.140. The summed E-state index contributed by atoms with van der Waals surface area (Å²) in [7, 11) is 0. The van der Waals surface area contributed by atoms with Crippen LogP contribution in [0.3, 0.4) is 0 Å². The number of dihydropyridines is 1. The van der Waals surface area contributed by atoms with Crippen LogP contribution in [-0.2, 0) is 0 Å². The first-order chi connectivity index (χ1) is 3.80. The molecule has 1 rings (SSSR count). The van der Waals surface area contributed by atoms with Gasteiger partial charge in [0, 0.05) is 0 Å². The van der Waals surface area contributed by atoms with Gasteiger partial charge >= 0.3 is 0 Å². The molecule has 1 N–H and O–H groups in total. The van der Waals surface area contributed by atoms with Crippen molar-refractivity contribution in [2.24, 2.45) is 0 Å². The molecule has 0 aromatic rings. The Kier molecular flexibility index (Phi) is 1.81. The molecule has 0 spiro atoms. The third-order valence-electron chi connectivity index (χ3n) is 0.759. The standard InChI is InChI=1S/C5H4Cl2N/c6-4-2-1-3-8-5(4)7/h1-3,8H. The van der Waals surface area contributed by atoms with E-state index in [0.717, 1.165) is 0 Å². The van der Waals surface area contributed by atoms with Gasteiger partial charge in [-0.25, -0.2) is 0 Å². The van der Waals surface area contributed by atoms with Crippen LogP contribution < -0.4 is 5.32 Å². The maximum atomic E-state index is 5.55. The van der Waals surface area contributed by atoms with Gasteiger partial charge in [-0.1, -0.05) is 23.2 Å². The summed E-state index contributed by atoms with van der Waals surface area (Å²) >= 11 is 11.1. The first-order valence-electron chi connectivity index (χ1n) is 2.12. The molecule has 0 aromatic heterocycles. The molecule has 0 saturated heterocycles. The molecule has 0 bridgehead atoms. The number of allylic oxidation sites excluding steroid dienone is 2. The second-order valence-corrected chi connectivity index (χ2v) is 2.12. The maximum Gasteiger partial charge on any atom is 0.191 e. The van der Waals surface area contributed by atoms with Gasteiger partial charge < -0.3 is 5.32 Å². The van der Waals surface area contributed by atoms with Gasteiger partial charge in [0.15, 0.2) is 5.50 Å². The minimum atomic E-state index is 0.481. The van der Waals surface area contributed by atoms with Gasteiger partial charge in [0.2, 0.25) is 0 Å². The van der Waals surface area contributed by atoms with E-state index in [-0.39, 0.29) is 0 Å². The average Bonchev–Trinajstić information content (AvgIpc) is 1.77. The lowest BCUT2D eigenvalue weighted by Crippen LogP contribution is -2.10. The maximum absolute atomic E-state index is 5.55. The zero-order valence-electron chi connectivity index (χ0n) is 3.99. The van der Waals surface area contributed by atoms with Gasteiger partial charge in [0.1, 0.15) is 0 Å². The fraction of sp³-hybridized carbons (Fsp3) is 0. The predicted octanol–water partition coefficient (Wildman–Crippen LogP) is 1.95. The lowest BCUT2D eigenvalue weighted by molar-refractivity contribution is 1.03. The van der Waals surface area contributed by atoms with E-state index in [2.05, 4.69) is 5.32 Å². The molecule has 1 nitrogen and oxygen atoms in total. The van der Waals surface area contributed by atoms with Crippen molar-refractivity contribution < 1.29 is 0 Å². The summed E-state index contributed by atoms with van der Waals surface area (Å²) < 4.78 is 0. The Morgan fingerprint density at radius 1 is 1.38 bits per heavy atom. The quantitative estimate of drug-likeness (QED) is 0.519. The summed E-state index contributed by atoms with van der Waals surface area (Å²) in [5, 5.41) is 3.28. The lowest BCUT2D eigenvalue weighted by atomic mass is 10.4. The molecule has 0 aromatic carbocycles. The molecule has 0 amide bonds. The van der Waals surface area contributed by atoms with Crippen LogP contribution in [0.25, 0.3) is 0 Å². The molecule has 8 heavy (non-hydrogen) atoms. The van der Waals surface area contributed by atoms with Gasteiger partial charge in [-0.3, -0.25) is 0 Å². The van der Waals surface area contributed by atoms with Crippen molar-refractivity contribution in [2.75, 3.05) is 0 Å². The van der Waals surface area contributed by atoms with Crippen molar-refractivity contribution in [1.29, 1.82) is 0 Å². The fourth-order valence-electron chi connectivity index (χ4n) is 0.396. The third kappa shape index (κ3) is 1.17. The highest BCUT2D eigenvalue weighted by molar-refractivity contribution is 6.41. The number of hydrogen-bond acceptors (Lipinski definition) is 1. The Bertz CT molecular complexity index is 139. The highest BCUT2D eigenvalue weighted by atomic mass is 35.5. The summed E-state index contributed by atoms with van der Waals surface area (Å²) in [6, 6.07) is 0. The zero-order valence-corrected chi connectivity index (χ0v) is 5.50. The van der Waals surface area contributed by atoms with E-state index in [4.69, 9.17) is 23.2 Å². The van der Waals surface area contributed by atoms with Gasteiger partial charge in [-0.05, 0) is 18.4 Å². The summed E-state index contributed by atoms with van der Waals surface area (Å²) in [6.07, 6.45) is 5.23. The smallest absolute Gasteiger partial charge is 0.191 e. The molecular weight excluding hydrogens is 145 g/mol. The fourth-order valence-corrected chi connectivity index (χ4v) is 0.649. The molecule has 1 aliphatic rings. The molecular formula is C5H4Cl2N. The number of halogens is 2. The van der Waals surface area contributed by atoms with Gasteiger partial charge in [-0.2, -0.15) is 0 Å². The third-order valence-corrected chi connectivity index (χ3v) is 1.48. The van der Waals surface area contributed by atoms with E-state index < -0.39 is 0 Å². The Morgan fingerprint density at radius 3 is 2.50 bits per heavy atom. The van der Waals surface area contributed by atoms with Crippen molar-refractivity contribution in [3.63, 3.8) is 0 Å². The first-order valence-corrected chi connectivity index (χ1v) is 2.88. The molecule has 43 valence electrons. The number of rotatable bonds is 0. The summed E-state index contributed by atoms with van der Waals surface area (Å²) in [5.41, 5.74) is 0.481.